The third-order valence-electron chi connectivity index (χ3n) is 4.25. The second kappa shape index (κ2) is 7.52. The van der Waals surface area contributed by atoms with Gasteiger partial charge in [0.1, 0.15) is 12.0 Å². The van der Waals surface area contributed by atoms with Crippen LogP contribution in [0.15, 0.2) is 18.2 Å². The lowest BCUT2D eigenvalue weighted by Gasteiger charge is -2.31. The van der Waals surface area contributed by atoms with Gasteiger partial charge in [-0.2, -0.15) is 18.7 Å². The number of halogens is 4. The van der Waals surface area contributed by atoms with Crippen molar-refractivity contribution in [2.24, 2.45) is 0 Å². The quantitative estimate of drug-likeness (QED) is 0.594. The summed E-state index contributed by atoms with van der Waals surface area (Å²) in [5.41, 5.74) is 3.02. The fourth-order valence-electron chi connectivity index (χ4n) is 2.83. The zero-order chi connectivity index (χ0) is 18.0. The van der Waals surface area contributed by atoms with Gasteiger partial charge < -0.3 is 4.90 Å². The molecule has 3 unspecified atom stereocenters. The van der Waals surface area contributed by atoms with E-state index in [-0.39, 0.29) is 6.17 Å². The van der Waals surface area contributed by atoms with Crippen LogP contribution in [0.3, 0.4) is 0 Å². The van der Waals surface area contributed by atoms with Gasteiger partial charge in [0.15, 0.2) is 0 Å². The Kier molecular flexibility index (Phi) is 5.56. The monoisotopic (exact) mass is 363 g/mol. The molecule has 3 rings (SSSR count). The van der Waals surface area contributed by atoms with E-state index in [1.54, 1.807) is 12.1 Å². The highest BCUT2D eigenvalue weighted by molar-refractivity contribution is 5.26. The van der Waals surface area contributed by atoms with Gasteiger partial charge in [0.2, 0.25) is 6.23 Å². The average Bonchev–Trinajstić information content (AvgIpc) is 3.04. The topological polar surface area (TPSA) is 60.6 Å². The molecule has 0 bridgehead atoms. The van der Waals surface area contributed by atoms with Gasteiger partial charge in [0.25, 0.3) is 0 Å². The normalized spacial score (nSPS) is 28.4. The molecule has 2 aliphatic heterocycles. The lowest BCUT2D eigenvalue weighted by Crippen LogP contribution is -2.55. The average molecular weight is 363 g/mol. The molecule has 0 saturated carbocycles. The Balaban J connectivity index is 1.58. The van der Waals surface area contributed by atoms with Crippen molar-refractivity contribution in [3.63, 3.8) is 0 Å². The van der Waals surface area contributed by atoms with Gasteiger partial charge in [-0.3, -0.25) is 20.8 Å². The zero-order valence-corrected chi connectivity index (χ0v) is 13.7. The summed E-state index contributed by atoms with van der Waals surface area (Å²) in [7, 11) is 2.02. The maximum absolute atomic E-state index is 14.3. The van der Waals surface area contributed by atoms with E-state index in [1.165, 1.54) is 6.07 Å². The number of rotatable bonds is 4. The summed E-state index contributed by atoms with van der Waals surface area (Å²) in [6, 6.07) is 4.35. The van der Waals surface area contributed by atoms with Crippen LogP contribution >= 0.6 is 0 Å². The molecule has 0 spiro atoms. The molecule has 1 aromatic carbocycles. The number of likely N-dealkylation sites (N-methyl/N-ethyl adjacent to an activating group) is 1. The van der Waals surface area contributed by atoms with Crippen LogP contribution in [0.2, 0.25) is 0 Å². The molecule has 0 aliphatic carbocycles. The Morgan fingerprint density at radius 2 is 2.16 bits per heavy atom. The summed E-state index contributed by atoms with van der Waals surface area (Å²) < 4.78 is 52.0. The molecule has 0 aromatic heterocycles. The lowest BCUT2D eigenvalue weighted by atomic mass is 10.1. The number of piperazine rings is 1. The van der Waals surface area contributed by atoms with E-state index >= 15 is 0 Å². The maximum atomic E-state index is 14.3. The molecular weight excluding hydrogens is 342 g/mol. The molecule has 2 aliphatic rings. The number of alkyl halides is 3. The Morgan fingerprint density at radius 1 is 1.36 bits per heavy atom. The van der Waals surface area contributed by atoms with E-state index < -0.39 is 24.4 Å². The molecule has 3 atom stereocenters. The minimum atomic E-state index is -4.54. The number of nitrogens with one attached hydrogen (secondary N) is 4. The molecule has 0 radical (unpaired) electrons. The van der Waals surface area contributed by atoms with Crippen molar-refractivity contribution in [3.8, 4) is 0 Å². The van der Waals surface area contributed by atoms with Crippen LogP contribution in [-0.2, 0) is 11.4 Å². The SMILES string of the molecule is CN1CCNC(NCc2ccc(C3NOC(C(F)(F)F)N3)cc2F)C1. The fourth-order valence-corrected chi connectivity index (χ4v) is 2.83. The molecule has 25 heavy (non-hydrogen) atoms. The second-order valence-corrected chi connectivity index (χ2v) is 6.26. The first-order valence-electron chi connectivity index (χ1n) is 8.00. The van der Waals surface area contributed by atoms with Gasteiger partial charge >= 0.3 is 6.18 Å². The van der Waals surface area contributed by atoms with Gasteiger partial charge in [-0.15, -0.1) is 0 Å². The molecule has 10 heteroatoms. The summed E-state index contributed by atoms with van der Waals surface area (Å²) in [5, 5.41) is 8.75. The highest BCUT2D eigenvalue weighted by Crippen LogP contribution is 2.27. The van der Waals surface area contributed by atoms with Crippen LogP contribution in [0.5, 0.6) is 0 Å². The zero-order valence-electron chi connectivity index (χ0n) is 13.7. The fraction of sp³-hybridized carbons (Fsp3) is 0.600. The summed E-state index contributed by atoms with van der Waals surface area (Å²) in [4.78, 5) is 6.63. The molecule has 2 heterocycles. The highest BCUT2D eigenvalue weighted by Gasteiger charge is 2.46. The van der Waals surface area contributed by atoms with Crippen LogP contribution in [0, 0.1) is 5.82 Å². The maximum Gasteiger partial charge on any atom is 0.430 e. The Hall–Kier alpha value is -1.30. The smallest absolute Gasteiger partial charge is 0.302 e. The van der Waals surface area contributed by atoms with E-state index in [0.717, 1.165) is 19.6 Å². The predicted molar refractivity (Wildman–Crippen MR) is 82.5 cm³/mol. The van der Waals surface area contributed by atoms with Gasteiger partial charge in [-0.05, 0) is 18.7 Å². The van der Waals surface area contributed by atoms with Crippen LogP contribution in [0.4, 0.5) is 17.6 Å². The first-order chi connectivity index (χ1) is 11.8. The van der Waals surface area contributed by atoms with Gasteiger partial charge in [0, 0.05) is 31.7 Å². The third-order valence-corrected chi connectivity index (χ3v) is 4.25. The molecular formula is C15H21F4N5O. The first-order valence-corrected chi connectivity index (χ1v) is 8.00. The summed E-state index contributed by atoms with van der Waals surface area (Å²) in [6.07, 6.45) is -7.50. The van der Waals surface area contributed by atoms with Crippen LogP contribution in [-0.4, -0.2) is 50.2 Å². The Morgan fingerprint density at radius 3 is 2.80 bits per heavy atom. The molecule has 2 fully saturated rings. The van der Waals surface area contributed by atoms with Crippen molar-refractivity contribution in [1.29, 1.82) is 0 Å². The van der Waals surface area contributed by atoms with E-state index in [0.29, 0.717) is 17.7 Å². The van der Waals surface area contributed by atoms with Gasteiger partial charge in [-0.1, -0.05) is 12.1 Å². The molecule has 140 valence electrons. The minimum absolute atomic E-state index is 0.0666. The number of hydrogen-bond acceptors (Lipinski definition) is 6. The summed E-state index contributed by atoms with van der Waals surface area (Å²) >= 11 is 0. The van der Waals surface area contributed by atoms with Gasteiger partial charge in [-0.25, -0.2) is 4.39 Å². The Labute approximate surface area is 142 Å². The van der Waals surface area contributed by atoms with E-state index in [9.17, 15) is 17.6 Å². The van der Waals surface area contributed by atoms with Crippen molar-refractivity contribution >= 4 is 0 Å². The number of hydroxylamine groups is 1. The van der Waals surface area contributed by atoms with E-state index in [1.807, 2.05) is 7.05 Å². The molecule has 4 N–H and O–H groups in total. The van der Waals surface area contributed by atoms with Crippen LogP contribution < -0.4 is 21.4 Å². The van der Waals surface area contributed by atoms with Crippen molar-refractivity contribution in [2.45, 2.75) is 31.3 Å². The minimum Gasteiger partial charge on any atom is -0.302 e. The van der Waals surface area contributed by atoms with E-state index in [4.69, 9.17) is 0 Å². The van der Waals surface area contributed by atoms with Crippen molar-refractivity contribution in [2.75, 3.05) is 26.7 Å². The molecule has 1 aromatic rings. The summed E-state index contributed by atoms with van der Waals surface area (Å²) in [5.74, 6) is -0.478. The van der Waals surface area contributed by atoms with Crippen molar-refractivity contribution < 1.29 is 22.4 Å². The lowest BCUT2D eigenvalue weighted by molar-refractivity contribution is -0.224. The van der Waals surface area contributed by atoms with E-state index in [2.05, 4.69) is 31.2 Å². The van der Waals surface area contributed by atoms with Crippen molar-refractivity contribution in [3.05, 3.63) is 35.1 Å². The highest BCUT2D eigenvalue weighted by atomic mass is 19.4. The first kappa shape index (κ1) is 18.5. The number of hydrogen-bond donors (Lipinski definition) is 4. The van der Waals surface area contributed by atoms with Crippen LogP contribution in [0.1, 0.15) is 17.3 Å². The predicted octanol–water partition coefficient (Wildman–Crippen LogP) is 0.788. The third kappa shape index (κ3) is 4.66. The number of benzene rings is 1. The van der Waals surface area contributed by atoms with Gasteiger partial charge in [0.05, 0.1) is 6.17 Å². The molecule has 6 nitrogen and oxygen atoms in total. The van der Waals surface area contributed by atoms with Crippen molar-refractivity contribution in [1.82, 2.24) is 26.3 Å². The molecule has 2 saturated heterocycles. The molecule has 0 amide bonds. The largest absolute Gasteiger partial charge is 0.430 e. The summed E-state index contributed by atoms with van der Waals surface area (Å²) in [6.45, 7) is 2.95. The number of nitrogens with zero attached hydrogens (tertiary/aromatic N) is 1. The standard InChI is InChI=1S/C15H21F4N5O/c1-24-5-4-20-12(8-24)21-7-10-3-2-9(6-11(10)16)13-22-14(25-23-13)15(17,18)19/h2-3,6,12-14,20-23H,4-5,7-8H2,1H3. The Bertz CT molecular complexity index is 600. The van der Waals surface area contributed by atoms with Crippen LogP contribution in [0.25, 0.3) is 0 Å². The second-order valence-electron chi connectivity index (χ2n) is 6.26.